The van der Waals surface area contributed by atoms with E-state index in [1.165, 1.54) is 0 Å². The van der Waals surface area contributed by atoms with E-state index >= 15 is 0 Å². The first kappa shape index (κ1) is 68.6. The second kappa shape index (κ2) is 30.4. The molecule has 4 fully saturated rings. The zero-order valence-corrected chi connectivity index (χ0v) is 50.8. The molecule has 0 spiro atoms. The van der Waals surface area contributed by atoms with Crippen molar-refractivity contribution in [1.29, 1.82) is 0 Å². The third kappa shape index (κ3) is 15.8. The molecule has 12 rings (SSSR count). The van der Waals surface area contributed by atoms with Crippen molar-refractivity contribution in [3.63, 3.8) is 0 Å². The van der Waals surface area contributed by atoms with Crippen LogP contribution in [0.5, 0.6) is 12.0 Å². The number of nitrogens with one attached hydrogen (secondary N) is 3. The third-order valence-electron chi connectivity index (χ3n) is 16.3. The molecule has 0 saturated carbocycles. The van der Waals surface area contributed by atoms with Gasteiger partial charge < -0.3 is 116 Å². The summed E-state index contributed by atoms with van der Waals surface area (Å²) >= 11 is 13.2. The van der Waals surface area contributed by atoms with Crippen LogP contribution in [0.15, 0.2) is 121 Å². The molecular weight excluding hydrogens is 1260 g/mol. The molecule has 1 unspecified atom stereocenters. The van der Waals surface area contributed by atoms with Crippen molar-refractivity contribution in [1.82, 2.24) is 25.3 Å². The number of hydrogen-bond donors (Lipinski definition) is 17. The first-order chi connectivity index (χ1) is 44.6. The molecule has 4 aliphatic rings. The maximum atomic E-state index is 12.5. The number of ether oxygens (including phenoxy) is 6. The van der Waals surface area contributed by atoms with Gasteiger partial charge in [-0.15, -0.1) is 0 Å². The SMILES string of the molecule is NC[C@H](O)[C@@H](O)[C@H](O)C(O)CO.O=C(NC[C@H](O)[C@@H](O)[C@H](O)[C@H](O)CO)c1ccc(-c2ccc(-c3cc4nc(O[C@@H]5CO[C@H]6[C@@H]5OC[C@H]6O)[nH]c4cc3Cl)cc2)cc1.O=C(O)c1ccc(-c2ccc(-c3cc4nc(O[C@@H]5CO[C@H]6[C@@H]5OC[C@H]6O)[nH]c4cc3Cl)cc2)cc1.[HH]. The van der Waals surface area contributed by atoms with Crippen LogP contribution >= 0.6 is 23.2 Å². The number of aromatic amines is 2. The minimum absolute atomic E-state index is 0. The van der Waals surface area contributed by atoms with Crippen LogP contribution in [0.1, 0.15) is 22.1 Å². The van der Waals surface area contributed by atoms with Gasteiger partial charge in [-0.25, -0.2) is 4.79 Å². The van der Waals surface area contributed by atoms with E-state index in [0.29, 0.717) is 50.8 Å². The minimum Gasteiger partial charge on any atom is -0.478 e. The number of amides is 1. The lowest BCUT2D eigenvalue weighted by molar-refractivity contribution is -0.113. The van der Waals surface area contributed by atoms with Crippen molar-refractivity contribution < 1.29 is 106 Å². The normalized spacial score (nSPS) is 23.3. The van der Waals surface area contributed by atoms with E-state index in [-0.39, 0.29) is 64.3 Å². The Hall–Kier alpha value is -7.30. The number of halogens is 2. The van der Waals surface area contributed by atoms with E-state index in [1.54, 1.807) is 54.6 Å². The summed E-state index contributed by atoms with van der Waals surface area (Å²) in [6.45, 7) is -1.02. The molecular formula is C64H72Cl2N6O21. The fourth-order valence-corrected chi connectivity index (χ4v) is 11.5. The lowest BCUT2D eigenvalue weighted by Gasteiger charge is -2.25. The Balaban J connectivity index is 0.000000191. The van der Waals surface area contributed by atoms with Gasteiger partial charge in [0.25, 0.3) is 17.9 Å². The quantitative estimate of drug-likeness (QED) is 0.0483. The lowest BCUT2D eigenvalue weighted by Crippen LogP contribution is -2.49. The summed E-state index contributed by atoms with van der Waals surface area (Å²) in [5.74, 6) is -1.45. The number of aromatic nitrogens is 4. The minimum atomic E-state index is -1.77. The molecule has 6 aromatic carbocycles. The topological polar surface area (TPSA) is 448 Å². The zero-order chi connectivity index (χ0) is 66.4. The number of H-pyrrole nitrogens is 2. The molecule has 29 heteroatoms. The second-order valence-corrected chi connectivity index (χ2v) is 23.4. The largest absolute Gasteiger partial charge is 0.478 e. The summed E-state index contributed by atoms with van der Waals surface area (Å²) in [5.41, 5.74) is 15.4. The highest BCUT2D eigenvalue weighted by Crippen LogP contribution is 2.38. The van der Waals surface area contributed by atoms with Crippen molar-refractivity contribution in [2.75, 3.05) is 52.7 Å². The third-order valence-corrected chi connectivity index (χ3v) is 16.9. The first-order valence-corrected chi connectivity index (χ1v) is 30.2. The number of carbonyl (C=O) groups excluding carboxylic acids is 1. The summed E-state index contributed by atoms with van der Waals surface area (Å²) in [7, 11) is 0. The number of hydrogen-bond acceptors (Lipinski definition) is 23. The number of carbonyl (C=O) groups is 2. The Morgan fingerprint density at radius 2 is 0.882 bits per heavy atom. The molecule has 16 atom stereocenters. The second-order valence-electron chi connectivity index (χ2n) is 22.6. The van der Waals surface area contributed by atoms with Gasteiger partial charge in [0.1, 0.15) is 73.2 Å². The van der Waals surface area contributed by atoms with Crippen LogP contribution in [0.4, 0.5) is 0 Å². The Kier molecular flexibility index (Phi) is 22.4. The molecule has 4 saturated heterocycles. The number of carboxylic acid groups (broad SMARTS) is 1. The number of fused-ring (bicyclic) bond motifs is 4. The molecule has 0 aliphatic carbocycles. The Morgan fingerprint density at radius 1 is 0.527 bits per heavy atom. The van der Waals surface area contributed by atoms with E-state index in [9.17, 15) is 40.2 Å². The molecule has 93 heavy (non-hydrogen) atoms. The maximum absolute atomic E-state index is 12.5. The summed E-state index contributed by atoms with van der Waals surface area (Å²) in [4.78, 5) is 39.0. The zero-order valence-electron chi connectivity index (χ0n) is 49.2. The number of imidazole rings is 2. The Bertz CT molecular complexity index is 3810. The molecule has 0 bridgehead atoms. The number of aliphatic hydroxyl groups excluding tert-OH is 12. The van der Waals surface area contributed by atoms with Gasteiger partial charge >= 0.3 is 5.97 Å². The molecule has 2 aromatic heterocycles. The molecule has 18 N–H and O–H groups in total. The number of nitrogens with two attached hydrogens (primary N) is 1. The van der Waals surface area contributed by atoms with Gasteiger partial charge in [0.05, 0.1) is 89.5 Å². The fraction of sp³-hybridized carbons (Fsp3) is 0.375. The number of aliphatic hydroxyl groups is 12. The van der Waals surface area contributed by atoms with Crippen LogP contribution in [-0.4, -0.2) is 249 Å². The van der Waals surface area contributed by atoms with Crippen LogP contribution in [0.3, 0.4) is 0 Å². The molecule has 1 amide bonds. The highest BCUT2D eigenvalue weighted by molar-refractivity contribution is 6.34. The molecule has 0 radical (unpaired) electrons. The number of carboxylic acids is 1. The number of benzene rings is 6. The van der Waals surface area contributed by atoms with E-state index in [1.807, 2.05) is 66.7 Å². The van der Waals surface area contributed by atoms with E-state index in [4.69, 9.17) is 93.1 Å². The van der Waals surface area contributed by atoms with Crippen molar-refractivity contribution >= 4 is 57.1 Å². The van der Waals surface area contributed by atoms with Gasteiger partial charge in [-0.2, -0.15) is 9.97 Å². The van der Waals surface area contributed by atoms with Crippen LogP contribution in [0.2, 0.25) is 10.0 Å². The number of aromatic carboxylic acids is 1. The summed E-state index contributed by atoms with van der Waals surface area (Å²) in [5, 5.41) is 125. The summed E-state index contributed by atoms with van der Waals surface area (Å²) in [6, 6.07) is 37.2. The van der Waals surface area contributed by atoms with Gasteiger partial charge in [0.2, 0.25) is 0 Å². The maximum Gasteiger partial charge on any atom is 0.335 e. The van der Waals surface area contributed by atoms with Gasteiger partial charge in [-0.3, -0.25) is 4.79 Å². The lowest BCUT2D eigenvalue weighted by atomic mass is 9.99. The van der Waals surface area contributed by atoms with Gasteiger partial charge in [-0.05, 0) is 81.9 Å². The number of nitrogens with zero attached hydrogens (tertiary/aromatic N) is 2. The highest BCUT2D eigenvalue weighted by Gasteiger charge is 2.50. The van der Waals surface area contributed by atoms with Crippen LogP contribution < -0.4 is 20.5 Å². The van der Waals surface area contributed by atoms with Crippen LogP contribution in [-0.2, 0) is 18.9 Å². The average Bonchev–Trinajstić information content (AvgIpc) is 2.09. The monoisotopic (exact) mass is 1330 g/mol. The van der Waals surface area contributed by atoms with Gasteiger partial charge in [0, 0.05) is 31.2 Å². The predicted molar refractivity (Wildman–Crippen MR) is 336 cm³/mol. The number of rotatable bonds is 21. The van der Waals surface area contributed by atoms with E-state index in [0.717, 1.165) is 50.0 Å². The van der Waals surface area contributed by atoms with Crippen molar-refractivity contribution in [3.05, 3.63) is 142 Å². The van der Waals surface area contributed by atoms with Crippen molar-refractivity contribution in [2.45, 2.75) is 97.7 Å². The highest BCUT2D eigenvalue weighted by atomic mass is 35.5. The predicted octanol–water partition coefficient (Wildman–Crippen LogP) is 1.40. The van der Waals surface area contributed by atoms with Crippen molar-refractivity contribution in [3.8, 4) is 56.5 Å². The molecule has 6 heterocycles. The molecule has 27 nitrogen and oxygen atoms in total. The van der Waals surface area contributed by atoms with Crippen LogP contribution in [0.25, 0.3) is 66.6 Å². The van der Waals surface area contributed by atoms with Crippen LogP contribution in [0, 0.1) is 0 Å². The Labute approximate surface area is 541 Å². The fourth-order valence-electron chi connectivity index (χ4n) is 10.9. The van der Waals surface area contributed by atoms with Gasteiger partial charge in [0.15, 0.2) is 12.2 Å². The molecule has 8 aromatic rings. The first-order valence-electron chi connectivity index (χ1n) is 29.5. The van der Waals surface area contributed by atoms with Crippen molar-refractivity contribution in [2.24, 2.45) is 5.73 Å². The van der Waals surface area contributed by atoms with E-state index in [2.05, 4.69) is 25.3 Å². The smallest absolute Gasteiger partial charge is 0.335 e. The summed E-state index contributed by atoms with van der Waals surface area (Å²) in [6.07, 6.45) is -16.1. The standard InChI is InChI=1S/C32H34ClN3O10.C26H21ClN2O6.C6H15NO5.H2/c33-20-10-22-21(35-32(36-22)46-26-14-45-29-25(40)13-44-30(26)29)9-19(20)17-5-1-15(2-6-17)16-3-7-18(8-4-16)31(43)34-11-23(38)27(41)28(42)24(39)12-37;27-18-10-20-19(28-26(29-20)35-22-12-34-23-21(30)11-33-24(22)23)9-17(18)15-5-1-13(2-6-15)14-3-7-16(8-4-14)25(31)32;7-1-3(9)5(11)6(12)4(10)2-8;/h1-10,23-30,37-42H,11-14H2,(H,34,43)(H,35,36);1-10,21-24,30H,11-12H2,(H,28,29)(H,31,32);3-6,8-12H,1-2,7H2;1H/t23-,24+,25+,26+,27+,28+,29+,30+;21-,22-,23-,24-;3-,4?,5+,6+;/m010./s1. The molecule has 4 aliphatic heterocycles. The van der Waals surface area contributed by atoms with E-state index < -0.39 is 98.3 Å². The Morgan fingerprint density at radius 3 is 1.27 bits per heavy atom. The average molecular weight is 1330 g/mol. The summed E-state index contributed by atoms with van der Waals surface area (Å²) < 4.78 is 34.5. The van der Waals surface area contributed by atoms with Gasteiger partial charge in [-0.1, -0.05) is 96.0 Å². The molecule has 498 valence electrons.